The molecule has 1 aliphatic rings. The predicted molar refractivity (Wildman–Crippen MR) is 77.6 cm³/mol. The first kappa shape index (κ1) is 14.6. The molecule has 1 atom stereocenters. The predicted octanol–water partition coefficient (Wildman–Crippen LogP) is 2.69. The Hall–Kier alpha value is -0.835. The minimum Gasteiger partial charge on any atom is -0.399 e. The molecule has 0 aromatic heterocycles. The highest BCUT2D eigenvalue weighted by Gasteiger charge is 2.51. The molecule has 0 N–H and O–H groups in total. The van der Waals surface area contributed by atoms with Crippen molar-refractivity contribution in [2.45, 2.75) is 51.9 Å². The molecular weight excluding hydrogens is 239 g/mol. The van der Waals surface area contributed by atoms with Gasteiger partial charge in [0.1, 0.15) is 0 Å². The van der Waals surface area contributed by atoms with Crippen molar-refractivity contribution in [2.75, 3.05) is 7.11 Å². The first-order valence-corrected chi connectivity index (χ1v) is 6.75. The van der Waals surface area contributed by atoms with Crippen molar-refractivity contribution in [1.29, 1.82) is 0 Å². The lowest BCUT2D eigenvalue weighted by Crippen LogP contribution is -2.41. The molecule has 0 radical (unpaired) electrons. The van der Waals surface area contributed by atoms with Crippen LogP contribution in [0.2, 0.25) is 0 Å². The summed E-state index contributed by atoms with van der Waals surface area (Å²) in [5, 5.41) is 0. The molecule has 2 rings (SSSR count). The van der Waals surface area contributed by atoms with Gasteiger partial charge < -0.3 is 14.0 Å². The molecule has 1 saturated heterocycles. The molecule has 104 valence electrons. The first-order valence-electron chi connectivity index (χ1n) is 6.75. The molecule has 1 heterocycles. The fourth-order valence-electron chi connectivity index (χ4n) is 2.04. The molecule has 4 heteroatoms. The van der Waals surface area contributed by atoms with E-state index in [-0.39, 0.29) is 24.4 Å². The third-order valence-electron chi connectivity index (χ3n) is 4.28. The van der Waals surface area contributed by atoms with Crippen molar-refractivity contribution in [2.24, 2.45) is 0 Å². The molecule has 0 amide bonds. The third kappa shape index (κ3) is 2.71. The maximum Gasteiger partial charge on any atom is 0.494 e. The number of rotatable bonds is 3. The molecular formula is C15H23BO3. The summed E-state index contributed by atoms with van der Waals surface area (Å²) in [6.45, 7) is 10.3. The van der Waals surface area contributed by atoms with Gasteiger partial charge >= 0.3 is 7.12 Å². The summed E-state index contributed by atoms with van der Waals surface area (Å²) in [6, 6.07) is 8.23. The summed E-state index contributed by atoms with van der Waals surface area (Å²) in [4.78, 5) is 0. The smallest absolute Gasteiger partial charge is 0.399 e. The first-order chi connectivity index (χ1) is 8.77. The summed E-state index contributed by atoms with van der Waals surface area (Å²) in [6.07, 6.45) is 0.104. The van der Waals surface area contributed by atoms with E-state index in [9.17, 15) is 0 Å². The van der Waals surface area contributed by atoms with Gasteiger partial charge in [-0.05, 0) is 45.6 Å². The Morgan fingerprint density at radius 3 is 1.89 bits per heavy atom. The average molecular weight is 262 g/mol. The van der Waals surface area contributed by atoms with Gasteiger partial charge in [0, 0.05) is 7.11 Å². The zero-order valence-electron chi connectivity index (χ0n) is 12.7. The zero-order valence-corrected chi connectivity index (χ0v) is 12.7. The second-order valence-electron chi connectivity index (χ2n) is 6.13. The molecule has 0 unspecified atom stereocenters. The van der Waals surface area contributed by atoms with Crippen LogP contribution in [0.1, 0.15) is 46.3 Å². The van der Waals surface area contributed by atoms with Crippen LogP contribution in [0.4, 0.5) is 0 Å². The van der Waals surface area contributed by atoms with E-state index < -0.39 is 0 Å². The maximum absolute atomic E-state index is 6.02. The second kappa shape index (κ2) is 4.93. The molecule has 0 aliphatic carbocycles. The van der Waals surface area contributed by atoms with Crippen molar-refractivity contribution in [3.63, 3.8) is 0 Å². The lowest BCUT2D eigenvalue weighted by atomic mass is 9.78. The fraction of sp³-hybridized carbons (Fsp3) is 0.600. The molecule has 1 fully saturated rings. The lowest BCUT2D eigenvalue weighted by Gasteiger charge is -2.32. The molecule has 0 bridgehead atoms. The van der Waals surface area contributed by atoms with Crippen LogP contribution < -0.4 is 5.46 Å². The topological polar surface area (TPSA) is 27.7 Å². The van der Waals surface area contributed by atoms with E-state index in [2.05, 4.69) is 39.8 Å². The molecule has 1 aliphatic heterocycles. The van der Waals surface area contributed by atoms with Gasteiger partial charge in [-0.2, -0.15) is 0 Å². The van der Waals surface area contributed by atoms with E-state index in [0.29, 0.717) is 0 Å². The van der Waals surface area contributed by atoms with Crippen LogP contribution in [0.15, 0.2) is 24.3 Å². The summed E-state index contributed by atoms with van der Waals surface area (Å²) < 4.78 is 17.4. The SMILES string of the molecule is CO[C@@H](C)c1ccc(B2OC(C)(C)C(C)(C)O2)cc1. The van der Waals surface area contributed by atoms with Crippen molar-refractivity contribution < 1.29 is 14.0 Å². The highest BCUT2D eigenvalue weighted by atomic mass is 16.7. The molecule has 3 nitrogen and oxygen atoms in total. The van der Waals surface area contributed by atoms with Gasteiger partial charge in [0.2, 0.25) is 0 Å². The van der Waals surface area contributed by atoms with Crippen LogP contribution in [0.25, 0.3) is 0 Å². The number of methoxy groups -OCH3 is 1. The standard InChI is InChI=1S/C15H23BO3/c1-11(17-6)12-7-9-13(10-8-12)16-18-14(2,3)15(4,5)19-16/h7-11H,1-6H3/t11-/m0/s1. The highest BCUT2D eigenvalue weighted by molar-refractivity contribution is 6.62. The van der Waals surface area contributed by atoms with E-state index >= 15 is 0 Å². The number of hydrogen-bond donors (Lipinski definition) is 0. The Morgan fingerprint density at radius 1 is 1.00 bits per heavy atom. The van der Waals surface area contributed by atoms with Crippen LogP contribution in [-0.4, -0.2) is 25.4 Å². The minimum atomic E-state index is -0.295. The summed E-state index contributed by atoms with van der Waals surface area (Å²) in [7, 11) is 1.42. The van der Waals surface area contributed by atoms with Crippen LogP contribution in [-0.2, 0) is 14.0 Å². The third-order valence-corrected chi connectivity index (χ3v) is 4.28. The zero-order chi connectivity index (χ0) is 14.3. The van der Waals surface area contributed by atoms with Crippen molar-refractivity contribution in [1.82, 2.24) is 0 Å². The van der Waals surface area contributed by atoms with E-state index in [1.165, 1.54) is 0 Å². The Kier molecular flexibility index (Phi) is 3.78. The van der Waals surface area contributed by atoms with Gasteiger partial charge in [-0.1, -0.05) is 24.3 Å². The van der Waals surface area contributed by atoms with E-state index in [1.54, 1.807) is 7.11 Å². The van der Waals surface area contributed by atoms with Gasteiger partial charge in [-0.25, -0.2) is 0 Å². The van der Waals surface area contributed by atoms with Gasteiger partial charge in [0.15, 0.2) is 0 Å². The van der Waals surface area contributed by atoms with Crippen molar-refractivity contribution in [3.05, 3.63) is 29.8 Å². The summed E-state index contributed by atoms with van der Waals surface area (Å²) >= 11 is 0. The van der Waals surface area contributed by atoms with Gasteiger partial charge in [0.05, 0.1) is 17.3 Å². The quantitative estimate of drug-likeness (QED) is 0.784. The maximum atomic E-state index is 6.02. The number of benzene rings is 1. The van der Waals surface area contributed by atoms with Gasteiger partial charge in [-0.15, -0.1) is 0 Å². The Morgan fingerprint density at radius 2 is 1.47 bits per heavy atom. The highest BCUT2D eigenvalue weighted by Crippen LogP contribution is 2.36. The van der Waals surface area contributed by atoms with Crippen LogP contribution in [0.5, 0.6) is 0 Å². The largest absolute Gasteiger partial charge is 0.494 e. The number of hydrogen-bond acceptors (Lipinski definition) is 3. The van der Waals surface area contributed by atoms with Crippen LogP contribution in [0.3, 0.4) is 0 Å². The van der Waals surface area contributed by atoms with E-state index in [0.717, 1.165) is 11.0 Å². The lowest BCUT2D eigenvalue weighted by molar-refractivity contribution is 0.00578. The summed E-state index contributed by atoms with van der Waals surface area (Å²) in [5.74, 6) is 0. The molecule has 1 aromatic carbocycles. The monoisotopic (exact) mass is 262 g/mol. The molecule has 1 aromatic rings. The summed E-state index contributed by atoms with van der Waals surface area (Å²) in [5.41, 5.74) is 1.61. The fourth-order valence-corrected chi connectivity index (χ4v) is 2.04. The van der Waals surface area contributed by atoms with E-state index in [4.69, 9.17) is 14.0 Å². The Labute approximate surface area is 116 Å². The molecule has 0 spiro atoms. The van der Waals surface area contributed by atoms with Crippen molar-refractivity contribution >= 4 is 12.6 Å². The molecule has 19 heavy (non-hydrogen) atoms. The second-order valence-corrected chi connectivity index (χ2v) is 6.13. The van der Waals surface area contributed by atoms with Crippen LogP contribution in [0, 0.1) is 0 Å². The number of ether oxygens (including phenoxy) is 1. The van der Waals surface area contributed by atoms with Crippen LogP contribution >= 0.6 is 0 Å². The minimum absolute atomic E-state index is 0.104. The van der Waals surface area contributed by atoms with E-state index in [1.807, 2.05) is 19.1 Å². The van der Waals surface area contributed by atoms with Gasteiger partial charge in [0.25, 0.3) is 0 Å². The van der Waals surface area contributed by atoms with Gasteiger partial charge in [-0.3, -0.25) is 0 Å². The average Bonchev–Trinajstić information content (AvgIpc) is 2.58. The van der Waals surface area contributed by atoms with Crippen molar-refractivity contribution in [3.8, 4) is 0 Å². The Bertz CT molecular complexity index is 423. The normalized spacial score (nSPS) is 22.5. The molecule has 0 saturated carbocycles. The Balaban J connectivity index is 2.17.